The van der Waals surface area contributed by atoms with E-state index in [0.717, 1.165) is 18.4 Å². The Morgan fingerprint density at radius 3 is 2.44 bits per heavy atom. The number of likely N-dealkylation sites (tertiary alicyclic amines) is 1. The SMILES string of the molecule is CCC(=O)c1c(-c2ccc(F)cc2)oc2ccc(-c3cc(C(=O)N4CCC5(CC4)OCc4ccccc45)ccc3Cl)cc12. The molecule has 7 rings (SSSR count). The van der Waals surface area contributed by atoms with Crippen LogP contribution in [-0.4, -0.2) is 29.7 Å². The maximum Gasteiger partial charge on any atom is 0.253 e. The van der Waals surface area contributed by atoms with Gasteiger partial charge in [-0.05, 0) is 84.1 Å². The topological polar surface area (TPSA) is 59.8 Å². The number of benzene rings is 4. The molecule has 5 nitrogen and oxygen atoms in total. The van der Waals surface area contributed by atoms with Crippen molar-refractivity contribution >= 4 is 34.3 Å². The third kappa shape index (κ3) is 4.75. The van der Waals surface area contributed by atoms with E-state index in [4.69, 9.17) is 20.8 Å². The third-order valence-electron chi connectivity index (χ3n) is 8.79. The zero-order chi connectivity index (χ0) is 29.7. The van der Waals surface area contributed by atoms with Crippen LogP contribution in [0.5, 0.6) is 0 Å². The van der Waals surface area contributed by atoms with Gasteiger partial charge >= 0.3 is 0 Å². The number of ketones is 1. The number of ether oxygens (including phenoxy) is 1. The Morgan fingerprint density at radius 2 is 1.67 bits per heavy atom. The van der Waals surface area contributed by atoms with Gasteiger partial charge in [-0.1, -0.05) is 48.9 Å². The highest BCUT2D eigenvalue weighted by Gasteiger charge is 2.43. The molecule has 3 heterocycles. The smallest absolute Gasteiger partial charge is 0.253 e. The standard InChI is InChI=1S/C36H29ClFNO4/c1-2-31(40)33-28-19-23(10-14-32(28)43-34(33)22-7-11-26(38)12-8-22)27-20-24(9-13-30(27)37)35(41)39-17-15-36(16-18-39)29-6-4-3-5-25(29)21-42-36/h3-14,19-20H,2,15-18,21H2,1H3. The molecule has 0 radical (unpaired) electrons. The molecule has 1 spiro atoms. The van der Waals surface area contributed by atoms with E-state index in [0.29, 0.717) is 63.7 Å². The van der Waals surface area contributed by atoms with Gasteiger partial charge in [0.25, 0.3) is 5.91 Å². The summed E-state index contributed by atoms with van der Waals surface area (Å²) >= 11 is 6.68. The van der Waals surface area contributed by atoms with Crippen molar-refractivity contribution in [3.8, 4) is 22.5 Å². The van der Waals surface area contributed by atoms with Crippen molar-refractivity contribution in [2.24, 2.45) is 0 Å². The maximum absolute atomic E-state index is 13.7. The zero-order valence-electron chi connectivity index (χ0n) is 23.7. The monoisotopic (exact) mass is 593 g/mol. The molecule has 5 aromatic rings. The van der Waals surface area contributed by atoms with Crippen molar-refractivity contribution in [1.82, 2.24) is 4.90 Å². The van der Waals surface area contributed by atoms with Crippen LogP contribution in [0.3, 0.4) is 0 Å². The molecular weight excluding hydrogens is 565 g/mol. The fourth-order valence-electron chi connectivity index (χ4n) is 6.45. The van der Waals surface area contributed by atoms with Crippen LogP contribution >= 0.6 is 11.6 Å². The molecule has 2 aliphatic heterocycles. The fourth-order valence-corrected chi connectivity index (χ4v) is 6.68. The number of nitrogens with zero attached hydrogens (tertiary/aromatic N) is 1. The van der Waals surface area contributed by atoms with Gasteiger partial charge in [-0.25, -0.2) is 4.39 Å². The summed E-state index contributed by atoms with van der Waals surface area (Å²) in [5.74, 6) is -0.0903. The average molecular weight is 594 g/mol. The quantitative estimate of drug-likeness (QED) is 0.191. The lowest BCUT2D eigenvalue weighted by molar-refractivity contribution is -0.0741. The number of fused-ring (bicyclic) bond motifs is 3. The van der Waals surface area contributed by atoms with E-state index in [2.05, 4.69) is 12.1 Å². The van der Waals surface area contributed by atoms with Gasteiger partial charge < -0.3 is 14.1 Å². The van der Waals surface area contributed by atoms with Gasteiger partial charge in [-0.2, -0.15) is 0 Å². The molecule has 0 aliphatic carbocycles. The predicted molar refractivity (Wildman–Crippen MR) is 165 cm³/mol. The number of hydrogen-bond acceptors (Lipinski definition) is 4. The molecule has 4 aromatic carbocycles. The van der Waals surface area contributed by atoms with Gasteiger partial charge in [0.05, 0.1) is 17.8 Å². The van der Waals surface area contributed by atoms with Crippen LogP contribution in [0.15, 0.2) is 89.3 Å². The summed E-state index contributed by atoms with van der Waals surface area (Å²) in [6.45, 7) is 3.61. The number of Topliss-reactive ketones (excluding diaryl/α,β-unsaturated/α-hetero) is 1. The van der Waals surface area contributed by atoms with Crippen LogP contribution in [0.25, 0.3) is 33.4 Å². The number of rotatable bonds is 5. The molecular formula is C36H29ClFNO4. The first kappa shape index (κ1) is 27.6. The number of amides is 1. The first-order chi connectivity index (χ1) is 20.9. The van der Waals surface area contributed by atoms with Gasteiger partial charge in [0, 0.05) is 46.6 Å². The van der Waals surface area contributed by atoms with Crippen molar-refractivity contribution in [3.05, 3.63) is 118 Å². The Balaban J connectivity index is 1.19. The van der Waals surface area contributed by atoms with Gasteiger partial charge in [0.15, 0.2) is 5.78 Å². The number of piperidine rings is 1. The highest BCUT2D eigenvalue weighted by molar-refractivity contribution is 6.33. The first-order valence-corrected chi connectivity index (χ1v) is 14.9. The molecule has 216 valence electrons. The first-order valence-electron chi connectivity index (χ1n) is 14.5. The minimum atomic E-state index is -0.365. The van der Waals surface area contributed by atoms with Crippen LogP contribution in [-0.2, 0) is 16.9 Å². The Morgan fingerprint density at radius 1 is 0.930 bits per heavy atom. The molecule has 0 N–H and O–H groups in total. The van der Waals surface area contributed by atoms with Gasteiger partial charge in [0.1, 0.15) is 17.2 Å². The van der Waals surface area contributed by atoms with Crippen LogP contribution < -0.4 is 0 Å². The zero-order valence-corrected chi connectivity index (χ0v) is 24.4. The molecule has 0 unspecified atom stereocenters. The second-order valence-electron chi connectivity index (χ2n) is 11.2. The summed E-state index contributed by atoms with van der Waals surface area (Å²) < 4.78 is 26.0. The molecule has 2 aliphatic rings. The number of furan rings is 1. The fraction of sp³-hybridized carbons (Fsp3) is 0.222. The summed E-state index contributed by atoms with van der Waals surface area (Å²) in [5.41, 5.74) is 5.77. The Hall–Kier alpha value is -4.26. The molecule has 7 heteroatoms. The highest BCUT2D eigenvalue weighted by atomic mass is 35.5. The summed E-state index contributed by atoms with van der Waals surface area (Å²) in [7, 11) is 0. The predicted octanol–water partition coefficient (Wildman–Crippen LogP) is 8.81. The second-order valence-corrected chi connectivity index (χ2v) is 11.6. The molecule has 0 atom stereocenters. The lowest BCUT2D eigenvalue weighted by atomic mass is 9.83. The minimum absolute atomic E-state index is 0.0520. The van der Waals surface area contributed by atoms with Gasteiger partial charge in [-0.3, -0.25) is 9.59 Å². The van der Waals surface area contributed by atoms with Gasteiger partial charge in [0.2, 0.25) is 0 Å². The summed E-state index contributed by atoms with van der Waals surface area (Å²) in [6.07, 6.45) is 1.78. The van der Waals surface area contributed by atoms with E-state index in [1.54, 1.807) is 37.3 Å². The van der Waals surface area contributed by atoms with E-state index in [1.165, 1.54) is 23.3 Å². The van der Waals surface area contributed by atoms with Crippen LogP contribution in [0, 0.1) is 5.82 Å². The van der Waals surface area contributed by atoms with Crippen molar-refractivity contribution in [2.45, 2.75) is 38.4 Å². The minimum Gasteiger partial charge on any atom is -0.455 e. The van der Waals surface area contributed by atoms with E-state index in [9.17, 15) is 14.0 Å². The molecule has 1 aromatic heterocycles. The lowest BCUT2D eigenvalue weighted by Gasteiger charge is -2.39. The average Bonchev–Trinajstić information content (AvgIpc) is 3.60. The molecule has 1 amide bonds. The maximum atomic E-state index is 13.7. The summed E-state index contributed by atoms with van der Waals surface area (Å²) in [6, 6.07) is 25.1. The van der Waals surface area contributed by atoms with E-state index >= 15 is 0 Å². The number of hydrogen-bond donors (Lipinski definition) is 0. The number of halogens is 2. The number of carbonyl (C=O) groups is 2. The van der Waals surface area contributed by atoms with Crippen LogP contribution in [0.2, 0.25) is 5.02 Å². The third-order valence-corrected chi connectivity index (χ3v) is 9.12. The molecule has 43 heavy (non-hydrogen) atoms. The summed E-state index contributed by atoms with van der Waals surface area (Å²) in [5, 5.41) is 1.14. The molecule has 0 saturated carbocycles. The highest BCUT2D eigenvalue weighted by Crippen LogP contribution is 2.44. The van der Waals surface area contributed by atoms with Crippen LogP contribution in [0.1, 0.15) is 58.0 Å². The largest absolute Gasteiger partial charge is 0.455 e. The Labute approximate surface area is 253 Å². The lowest BCUT2D eigenvalue weighted by Crippen LogP contribution is -2.45. The molecule has 1 saturated heterocycles. The summed E-state index contributed by atoms with van der Waals surface area (Å²) in [4.78, 5) is 28.7. The van der Waals surface area contributed by atoms with Gasteiger partial charge in [-0.15, -0.1) is 0 Å². The van der Waals surface area contributed by atoms with E-state index in [-0.39, 0.29) is 29.5 Å². The van der Waals surface area contributed by atoms with Crippen molar-refractivity contribution in [2.75, 3.05) is 13.1 Å². The van der Waals surface area contributed by atoms with E-state index in [1.807, 2.05) is 35.2 Å². The molecule has 1 fully saturated rings. The van der Waals surface area contributed by atoms with Crippen molar-refractivity contribution in [3.63, 3.8) is 0 Å². The Bertz CT molecular complexity index is 1890. The van der Waals surface area contributed by atoms with Crippen molar-refractivity contribution in [1.29, 1.82) is 0 Å². The number of carbonyl (C=O) groups excluding carboxylic acids is 2. The second kappa shape index (κ2) is 10.8. The van der Waals surface area contributed by atoms with E-state index < -0.39 is 0 Å². The normalized spacial score (nSPS) is 15.7. The van der Waals surface area contributed by atoms with Crippen LogP contribution in [0.4, 0.5) is 4.39 Å². The van der Waals surface area contributed by atoms with Crippen molar-refractivity contribution < 1.29 is 23.1 Å². The Kier molecular flexibility index (Phi) is 6.91. The molecule has 0 bridgehead atoms.